The first-order valence-electron chi connectivity index (χ1n) is 5.62. The summed E-state index contributed by atoms with van der Waals surface area (Å²) in [6.45, 7) is 5.93. The summed E-state index contributed by atoms with van der Waals surface area (Å²) in [4.78, 5) is 2.42. The van der Waals surface area contributed by atoms with Gasteiger partial charge in [-0.05, 0) is 33.6 Å². The highest BCUT2D eigenvalue weighted by molar-refractivity contribution is 7.98. The van der Waals surface area contributed by atoms with Crippen molar-refractivity contribution in [2.24, 2.45) is 5.73 Å². The molecule has 0 bridgehead atoms. The van der Waals surface area contributed by atoms with Crippen LogP contribution in [0.15, 0.2) is 0 Å². The van der Waals surface area contributed by atoms with Crippen molar-refractivity contribution in [3.05, 3.63) is 0 Å². The first-order valence-corrected chi connectivity index (χ1v) is 7.01. The molecular formula is C11H24N2OS. The van der Waals surface area contributed by atoms with Gasteiger partial charge in [-0.2, -0.15) is 11.8 Å². The van der Waals surface area contributed by atoms with Crippen molar-refractivity contribution in [3.63, 3.8) is 0 Å². The van der Waals surface area contributed by atoms with E-state index < -0.39 is 0 Å². The Balaban J connectivity index is 2.72. The average molecular weight is 232 g/mol. The molecular weight excluding hydrogens is 208 g/mol. The van der Waals surface area contributed by atoms with Gasteiger partial charge in [0.25, 0.3) is 0 Å². The van der Waals surface area contributed by atoms with Crippen molar-refractivity contribution in [1.82, 2.24) is 4.90 Å². The van der Waals surface area contributed by atoms with E-state index >= 15 is 0 Å². The second-order valence-corrected chi connectivity index (χ2v) is 5.40. The highest BCUT2D eigenvalue weighted by Crippen LogP contribution is 2.32. The molecule has 0 radical (unpaired) electrons. The van der Waals surface area contributed by atoms with Crippen molar-refractivity contribution in [3.8, 4) is 0 Å². The molecule has 1 saturated heterocycles. The van der Waals surface area contributed by atoms with Crippen molar-refractivity contribution in [1.29, 1.82) is 0 Å². The largest absolute Gasteiger partial charge is 0.376 e. The Bertz CT molecular complexity index is 203. The first kappa shape index (κ1) is 13.3. The summed E-state index contributed by atoms with van der Waals surface area (Å²) in [7, 11) is 2.18. The minimum Gasteiger partial charge on any atom is -0.376 e. The van der Waals surface area contributed by atoms with Gasteiger partial charge < -0.3 is 10.5 Å². The predicted molar refractivity (Wildman–Crippen MR) is 67.4 cm³/mol. The zero-order chi connectivity index (χ0) is 11.5. The van der Waals surface area contributed by atoms with Gasteiger partial charge in [-0.1, -0.05) is 0 Å². The van der Waals surface area contributed by atoms with Crippen LogP contribution in [0, 0.1) is 0 Å². The summed E-state index contributed by atoms with van der Waals surface area (Å²) in [6, 6.07) is 0.549. The third kappa shape index (κ3) is 2.49. The monoisotopic (exact) mass is 232 g/mol. The highest BCUT2D eigenvalue weighted by atomic mass is 32.2. The van der Waals surface area contributed by atoms with Crippen LogP contribution in [0.25, 0.3) is 0 Å². The van der Waals surface area contributed by atoms with Crippen LogP contribution in [0.3, 0.4) is 0 Å². The normalized spacial score (nSPS) is 33.6. The Morgan fingerprint density at radius 2 is 2.33 bits per heavy atom. The van der Waals surface area contributed by atoms with Crippen LogP contribution in [-0.4, -0.2) is 54.8 Å². The SMILES string of the molecule is CSCC(C)N(C)C1(CN)CCOC1C. The Labute approximate surface area is 97.7 Å². The summed E-state index contributed by atoms with van der Waals surface area (Å²) in [5, 5.41) is 0. The van der Waals surface area contributed by atoms with Crippen LogP contribution in [0.1, 0.15) is 20.3 Å². The minimum absolute atomic E-state index is 0.0507. The second kappa shape index (κ2) is 5.53. The van der Waals surface area contributed by atoms with E-state index in [1.54, 1.807) is 0 Å². The molecule has 4 heteroatoms. The Morgan fingerprint density at radius 3 is 2.73 bits per heavy atom. The highest BCUT2D eigenvalue weighted by Gasteiger charge is 2.44. The maximum absolute atomic E-state index is 5.97. The molecule has 3 nitrogen and oxygen atoms in total. The molecule has 15 heavy (non-hydrogen) atoms. The van der Waals surface area contributed by atoms with Gasteiger partial charge >= 0.3 is 0 Å². The molecule has 0 aromatic rings. The van der Waals surface area contributed by atoms with E-state index in [2.05, 4.69) is 32.1 Å². The van der Waals surface area contributed by atoms with E-state index in [0.717, 1.165) is 18.8 Å². The number of thioether (sulfide) groups is 1. The lowest BCUT2D eigenvalue weighted by Gasteiger charge is -2.43. The lowest BCUT2D eigenvalue weighted by Crippen LogP contribution is -2.59. The van der Waals surface area contributed by atoms with Crippen LogP contribution in [0.2, 0.25) is 0 Å². The van der Waals surface area contributed by atoms with Gasteiger partial charge in [-0.15, -0.1) is 0 Å². The Morgan fingerprint density at radius 1 is 1.67 bits per heavy atom. The lowest BCUT2D eigenvalue weighted by molar-refractivity contribution is 0.0145. The fourth-order valence-electron chi connectivity index (χ4n) is 2.44. The van der Waals surface area contributed by atoms with Crippen LogP contribution in [0.5, 0.6) is 0 Å². The molecule has 90 valence electrons. The first-order chi connectivity index (χ1) is 7.08. The molecule has 2 N–H and O–H groups in total. The van der Waals surface area contributed by atoms with Gasteiger partial charge in [-0.3, -0.25) is 4.90 Å². The van der Waals surface area contributed by atoms with Crippen LogP contribution in [0.4, 0.5) is 0 Å². The number of nitrogens with two attached hydrogens (primary N) is 1. The quantitative estimate of drug-likeness (QED) is 0.772. The van der Waals surface area contributed by atoms with E-state index in [0.29, 0.717) is 12.6 Å². The fraction of sp³-hybridized carbons (Fsp3) is 1.00. The topological polar surface area (TPSA) is 38.5 Å². The summed E-state index contributed by atoms with van der Waals surface area (Å²) in [5.41, 5.74) is 6.02. The molecule has 1 heterocycles. The summed E-state index contributed by atoms with van der Waals surface area (Å²) in [5.74, 6) is 1.14. The number of rotatable bonds is 5. The van der Waals surface area contributed by atoms with E-state index in [1.807, 2.05) is 11.8 Å². The van der Waals surface area contributed by atoms with E-state index in [4.69, 9.17) is 10.5 Å². The number of hydrogen-bond donors (Lipinski definition) is 1. The molecule has 0 saturated carbocycles. The number of hydrogen-bond acceptors (Lipinski definition) is 4. The molecule has 0 amide bonds. The third-order valence-electron chi connectivity index (χ3n) is 3.78. The van der Waals surface area contributed by atoms with E-state index in [9.17, 15) is 0 Å². The van der Waals surface area contributed by atoms with Gasteiger partial charge in [0.05, 0.1) is 11.6 Å². The van der Waals surface area contributed by atoms with Crippen LogP contribution < -0.4 is 5.73 Å². The molecule has 0 aliphatic carbocycles. The molecule has 3 unspecified atom stereocenters. The van der Waals surface area contributed by atoms with E-state index in [1.165, 1.54) is 0 Å². The van der Waals surface area contributed by atoms with Crippen molar-refractivity contribution in [2.45, 2.75) is 38.0 Å². The summed E-state index contributed by atoms with van der Waals surface area (Å²) in [6.07, 6.45) is 3.45. The van der Waals surface area contributed by atoms with Crippen LogP contribution in [-0.2, 0) is 4.74 Å². The van der Waals surface area contributed by atoms with E-state index in [-0.39, 0.29) is 11.6 Å². The molecule has 0 aromatic heterocycles. The summed E-state index contributed by atoms with van der Waals surface area (Å²) < 4.78 is 5.68. The van der Waals surface area contributed by atoms with Gasteiger partial charge in [0.2, 0.25) is 0 Å². The average Bonchev–Trinajstić information content (AvgIpc) is 2.60. The molecule has 1 fully saturated rings. The van der Waals surface area contributed by atoms with Gasteiger partial charge in [0.15, 0.2) is 0 Å². The zero-order valence-corrected chi connectivity index (χ0v) is 11.1. The minimum atomic E-state index is 0.0507. The van der Waals surface area contributed by atoms with Crippen molar-refractivity contribution < 1.29 is 4.74 Å². The molecule has 0 aromatic carbocycles. The smallest absolute Gasteiger partial charge is 0.0743 e. The maximum atomic E-state index is 5.97. The maximum Gasteiger partial charge on any atom is 0.0743 e. The number of ether oxygens (including phenoxy) is 1. The van der Waals surface area contributed by atoms with Gasteiger partial charge in [0, 0.05) is 24.9 Å². The van der Waals surface area contributed by atoms with Crippen molar-refractivity contribution in [2.75, 3.05) is 32.2 Å². The predicted octanol–water partition coefficient (Wildman–Crippen LogP) is 1.18. The molecule has 3 atom stereocenters. The van der Waals surface area contributed by atoms with Gasteiger partial charge in [0.1, 0.15) is 0 Å². The molecule has 0 spiro atoms. The standard InChI is InChI=1S/C11H24N2OS/c1-9(7-15-4)13(3)11(8-12)5-6-14-10(11)2/h9-10H,5-8,12H2,1-4H3. The second-order valence-electron chi connectivity index (χ2n) is 4.49. The van der Waals surface area contributed by atoms with Gasteiger partial charge in [-0.25, -0.2) is 0 Å². The molecule has 1 aliphatic heterocycles. The third-order valence-corrected chi connectivity index (χ3v) is 4.60. The number of nitrogens with zero attached hydrogens (tertiary/aromatic N) is 1. The van der Waals surface area contributed by atoms with Crippen LogP contribution >= 0.6 is 11.8 Å². The molecule has 1 aliphatic rings. The number of likely N-dealkylation sites (N-methyl/N-ethyl adjacent to an activating group) is 1. The Kier molecular flexibility index (Phi) is 4.90. The molecule has 1 rings (SSSR count). The Hall–Kier alpha value is 0.230. The summed E-state index contributed by atoms with van der Waals surface area (Å²) >= 11 is 1.88. The fourth-order valence-corrected chi connectivity index (χ4v) is 3.14. The zero-order valence-electron chi connectivity index (χ0n) is 10.3. The lowest BCUT2D eigenvalue weighted by atomic mass is 9.89. The van der Waals surface area contributed by atoms with Crippen molar-refractivity contribution >= 4 is 11.8 Å².